The topological polar surface area (TPSA) is 60.2 Å². The Hall–Kier alpha value is -1.74. The Kier molecular flexibility index (Phi) is 5.62. The summed E-state index contributed by atoms with van der Waals surface area (Å²) in [5.41, 5.74) is 0.652. The van der Waals surface area contributed by atoms with Gasteiger partial charge in [-0.25, -0.2) is 4.98 Å². The monoisotopic (exact) mass is 344 g/mol. The molecule has 0 unspecified atom stereocenters. The van der Waals surface area contributed by atoms with Gasteiger partial charge in [-0.15, -0.1) is 0 Å². The molecule has 2 aliphatic rings. The molecule has 0 aliphatic carbocycles. The molecule has 24 heavy (non-hydrogen) atoms. The zero-order chi connectivity index (χ0) is 16.9. The lowest BCUT2D eigenvalue weighted by atomic mass is 9.83. The van der Waals surface area contributed by atoms with E-state index in [0.717, 1.165) is 50.5 Å². The number of nitrogens with zero attached hydrogens (tertiary/aromatic N) is 4. The third kappa shape index (κ3) is 3.67. The number of piperidine rings is 2. The van der Waals surface area contributed by atoms with Crippen molar-refractivity contribution in [3.63, 3.8) is 0 Å². The molecule has 1 amide bonds. The van der Waals surface area contributed by atoms with Crippen LogP contribution in [0.15, 0.2) is 18.3 Å². The highest BCUT2D eigenvalue weighted by Gasteiger charge is 2.39. The predicted molar refractivity (Wildman–Crippen MR) is 97.0 cm³/mol. The van der Waals surface area contributed by atoms with Gasteiger partial charge < -0.3 is 9.80 Å². The minimum atomic E-state index is 0.329. The first-order valence-corrected chi connectivity index (χ1v) is 10.0. The fourth-order valence-corrected chi connectivity index (χ4v) is 4.31. The summed E-state index contributed by atoms with van der Waals surface area (Å²) in [5, 5.41) is 9.07. The maximum atomic E-state index is 12.3. The van der Waals surface area contributed by atoms with Gasteiger partial charge in [-0.1, -0.05) is 0 Å². The number of rotatable bonds is 5. The van der Waals surface area contributed by atoms with Gasteiger partial charge in [-0.05, 0) is 49.3 Å². The van der Waals surface area contributed by atoms with Crippen LogP contribution in [0.2, 0.25) is 0 Å². The number of thioether (sulfide) groups is 1. The van der Waals surface area contributed by atoms with Crippen LogP contribution in [0.3, 0.4) is 0 Å². The summed E-state index contributed by atoms with van der Waals surface area (Å²) in [6.45, 7) is 2.72. The van der Waals surface area contributed by atoms with Crippen LogP contribution in [-0.2, 0) is 4.79 Å². The van der Waals surface area contributed by atoms with Gasteiger partial charge in [-0.2, -0.15) is 17.0 Å². The number of hydrogen-bond donors (Lipinski definition) is 0. The summed E-state index contributed by atoms with van der Waals surface area (Å²) in [4.78, 5) is 21.2. The Morgan fingerprint density at radius 3 is 3.12 bits per heavy atom. The van der Waals surface area contributed by atoms with E-state index in [2.05, 4.69) is 27.1 Å². The van der Waals surface area contributed by atoms with E-state index >= 15 is 0 Å². The summed E-state index contributed by atoms with van der Waals surface area (Å²) >= 11 is 1.84. The molecule has 128 valence electrons. The number of likely N-dealkylation sites (tertiary alicyclic amines) is 1. The SMILES string of the molecule is CSCCCN1C(=O)CC[C@H]2CN(c3cc(C#N)ccn3)CC[C@H]21. The molecule has 2 aliphatic heterocycles. The quantitative estimate of drug-likeness (QED) is 0.768. The van der Waals surface area contributed by atoms with Crippen molar-refractivity contribution in [2.24, 2.45) is 5.92 Å². The van der Waals surface area contributed by atoms with Crippen molar-refractivity contribution in [2.45, 2.75) is 31.7 Å². The average Bonchev–Trinajstić information content (AvgIpc) is 2.63. The van der Waals surface area contributed by atoms with Crippen LogP contribution < -0.4 is 4.90 Å². The number of pyridine rings is 1. The van der Waals surface area contributed by atoms with Crippen molar-refractivity contribution >= 4 is 23.5 Å². The van der Waals surface area contributed by atoms with Crippen molar-refractivity contribution in [3.8, 4) is 6.07 Å². The molecule has 2 saturated heterocycles. The zero-order valence-electron chi connectivity index (χ0n) is 14.1. The van der Waals surface area contributed by atoms with Crippen LogP contribution in [-0.4, -0.2) is 53.5 Å². The van der Waals surface area contributed by atoms with Gasteiger partial charge in [-0.3, -0.25) is 4.79 Å². The number of amides is 1. The van der Waals surface area contributed by atoms with Gasteiger partial charge in [0.15, 0.2) is 0 Å². The van der Waals surface area contributed by atoms with Gasteiger partial charge in [0.1, 0.15) is 5.82 Å². The number of hydrogen-bond acceptors (Lipinski definition) is 5. The lowest BCUT2D eigenvalue weighted by Gasteiger charge is -2.47. The maximum absolute atomic E-state index is 12.3. The van der Waals surface area contributed by atoms with Crippen molar-refractivity contribution in [2.75, 3.05) is 36.5 Å². The van der Waals surface area contributed by atoms with Crippen molar-refractivity contribution in [3.05, 3.63) is 23.9 Å². The second-order valence-corrected chi connectivity index (χ2v) is 7.53. The first kappa shape index (κ1) is 17.1. The molecule has 1 aromatic heterocycles. The molecule has 3 heterocycles. The van der Waals surface area contributed by atoms with Gasteiger partial charge >= 0.3 is 0 Å². The number of carbonyl (C=O) groups excluding carboxylic acids is 1. The largest absolute Gasteiger partial charge is 0.356 e. The van der Waals surface area contributed by atoms with Gasteiger partial charge in [0.25, 0.3) is 0 Å². The van der Waals surface area contributed by atoms with Crippen LogP contribution in [0.25, 0.3) is 0 Å². The lowest BCUT2D eigenvalue weighted by molar-refractivity contribution is -0.139. The summed E-state index contributed by atoms with van der Waals surface area (Å²) in [5.74, 6) is 2.84. The molecule has 5 nitrogen and oxygen atoms in total. The van der Waals surface area contributed by atoms with E-state index in [4.69, 9.17) is 5.26 Å². The summed E-state index contributed by atoms with van der Waals surface area (Å²) in [7, 11) is 0. The van der Waals surface area contributed by atoms with Crippen LogP contribution in [0.1, 0.15) is 31.2 Å². The molecule has 0 aromatic carbocycles. The number of fused-ring (bicyclic) bond motifs is 1. The minimum Gasteiger partial charge on any atom is -0.356 e. The molecular weight excluding hydrogens is 320 g/mol. The molecule has 6 heteroatoms. The van der Waals surface area contributed by atoms with E-state index in [1.807, 2.05) is 17.8 Å². The number of aromatic nitrogens is 1. The Bertz CT molecular complexity index is 630. The fourth-order valence-electron chi connectivity index (χ4n) is 3.89. The lowest BCUT2D eigenvalue weighted by Crippen LogP contribution is -2.56. The van der Waals surface area contributed by atoms with Gasteiger partial charge in [0, 0.05) is 38.3 Å². The Labute approximate surface area is 148 Å². The molecule has 2 atom stereocenters. The maximum Gasteiger partial charge on any atom is 0.222 e. The smallest absolute Gasteiger partial charge is 0.222 e. The molecular formula is C18H24N4OS. The first-order chi connectivity index (χ1) is 11.7. The molecule has 3 rings (SSSR count). The summed E-state index contributed by atoms with van der Waals surface area (Å²) in [6.07, 6.45) is 7.53. The molecule has 0 saturated carbocycles. The zero-order valence-corrected chi connectivity index (χ0v) is 15.0. The third-order valence-corrected chi connectivity index (χ3v) is 5.79. The van der Waals surface area contributed by atoms with Crippen molar-refractivity contribution in [1.29, 1.82) is 5.26 Å². The van der Waals surface area contributed by atoms with Gasteiger partial charge in [0.2, 0.25) is 5.91 Å². The second kappa shape index (κ2) is 7.89. The number of nitriles is 1. The predicted octanol–water partition coefficient (Wildman–Crippen LogP) is 2.52. The van der Waals surface area contributed by atoms with E-state index in [1.54, 1.807) is 12.3 Å². The number of anilines is 1. The highest BCUT2D eigenvalue weighted by molar-refractivity contribution is 7.98. The number of carbonyl (C=O) groups is 1. The second-order valence-electron chi connectivity index (χ2n) is 6.55. The molecule has 0 bridgehead atoms. The van der Waals surface area contributed by atoms with Crippen LogP contribution in [0, 0.1) is 17.2 Å². The molecule has 1 aromatic rings. The Morgan fingerprint density at radius 1 is 1.46 bits per heavy atom. The van der Waals surface area contributed by atoms with Crippen LogP contribution in [0.5, 0.6) is 0 Å². The highest BCUT2D eigenvalue weighted by Crippen LogP contribution is 2.33. The molecule has 0 spiro atoms. The minimum absolute atomic E-state index is 0.329. The molecule has 2 fully saturated rings. The van der Waals surface area contributed by atoms with E-state index in [1.165, 1.54) is 0 Å². The first-order valence-electron chi connectivity index (χ1n) is 8.62. The van der Waals surface area contributed by atoms with Crippen LogP contribution >= 0.6 is 11.8 Å². The highest BCUT2D eigenvalue weighted by atomic mass is 32.2. The van der Waals surface area contributed by atoms with Gasteiger partial charge in [0.05, 0.1) is 11.6 Å². The Morgan fingerprint density at radius 2 is 2.33 bits per heavy atom. The van der Waals surface area contributed by atoms with Crippen LogP contribution in [0.4, 0.5) is 5.82 Å². The summed E-state index contributed by atoms with van der Waals surface area (Å²) in [6, 6.07) is 6.17. The summed E-state index contributed by atoms with van der Waals surface area (Å²) < 4.78 is 0. The third-order valence-electron chi connectivity index (χ3n) is 5.09. The molecule has 0 radical (unpaired) electrons. The standard InChI is InChI=1S/C18H24N4OS/c1-24-10-2-8-22-16-6-9-21(13-15(16)3-4-18(22)23)17-11-14(12-19)5-7-20-17/h5,7,11,15-16H,2-4,6,8-10,13H2,1H3/t15-,16+/m0/s1. The van der Waals surface area contributed by atoms with E-state index < -0.39 is 0 Å². The van der Waals surface area contributed by atoms with Crippen molar-refractivity contribution < 1.29 is 4.79 Å². The van der Waals surface area contributed by atoms with E-state index in [-0.39, 0.29) is 0 Å². The van der Waals surface area contributed by atoms with E-state index in [0.29, 0.717) is 29.9 Å². The van der Waals surface area contributed by atoms with Crippen molar-refractivity contribution in [1.82, 2.24) is 9.88 Å². The normalized spacial score (nSPS) is 23.8. The van der Waals surface area contributed by atoms with E-state index in [9.17, 15) is 4.79 Å². The fraction of sp³-hybridized carbons (Fsp3) is 0.611. The average molecular weight is 344 g/mol. The molecule has 0 N–H and O–H groups in total. The Balaban J connectivity index is 1.67.